The summed E-state index contributed by atoms with van der Waals surface area (Å²) in [4.78, 5) is 79.1. The van der Waals surface area contributed by atoms with Crippen LogP contribution >= 0.6 is 11.3 Å². The molecule has 1 aliphatic rings. The van der Waals surface area contributed by atoms with Crippen molar-refractivity contribution in [2.75, 3.05) is 13.1 Å². The lowest BCUT2D eigenvalue weighted by atomic mass is 9.94. The van der Waals surface area contributed by atoms with Crippen molar-refractivity contribution in [1.82, 2.24) is 31.6 Å². The van der Waals surface area contributed by atoms with Gasteiger partial charge in [0.25, 0.3) is 5.91 Å². The van der Waals surface area contributed by atoms with Gasteiger partial charge in [0.05, 0.1) is 11.0 Å². The van der Waals surface area contributed by atoms with Crippen LogP contribution in [0.15, 0.2) is 5.38 Å². The Bertz CT molecular complexity index is 1180. The number of nitrogens with zero attached hydrogens (tertiary/aromatic N) is 1. The van der Waals surface area contributed by atoms with Gasteiger partial charge >= 0.3 is 12.3 Å². The van der Waals surface area contributed by atoms with Crippen LogP contribution in [0.3, 0.4) is 0 Å². The van der Waals surface area contributed by atoms with Crippen molar-refractivity contribution in [2.45, 2.75) is 83.6 Å². The zero-order valence-electron chi connectivity index (χ0n) is 24.0. The molecule has 240 valence electrons. The van der Waals surface area contributed by atoms with Crippen LogP contribution in [0.1, 0.15) is 63.6 Å². The minimum atomic E-state index is -4.73. The molecule has 1 aromatic rings. The molecule has 5 amide bonds. The molecule has 17 heteroatoms. The molecule has 1 aromatic heterocycles. The number of thiazole rings is 1. The summed E-state index contributed by atoms with van der Waals surface area (Å²) in [6.07, 6.45) is -5.25. The summed E-state index contributed by atoms with van der Waals surface area (Å²) >= 11 is 0.590. The standard InChI is InChI=1S/C26H37F3N6O7S/c1-4-5-7-30-24(40)20(36)15(10-14-6-8-31-21(14)37)32-22(38)16(9-13(2)3)33-23(39)17(34-25(41)42)11-19-35-18(12-43-19)26(27,28)29/h12-17,34H,4-11H2,1-3H3,(H,30,40)(H,31,37)(H,32,38)(H,33,39)(H,41,42)/t14-,15-,16-,17-/m0/s1. The number of amides is 5. The van der Waals surface area contributed by atoms with Gasteiger partial charge in [0.2, 0.25) is 23.5 Å². The Kier molecular flexibility index (Phi) is 13.3. The van der Waals surface area contributed by atoms with Crippen LogP contribution in [0.5, 0.6) is 0 Å². The van der Waals surface area contributed by atoms with Crippen LogP contribution in [-0.2, 0) is 36.6 Å². The molecule has 2 rings (SSSR count). The van der Waals surface area contributed by atoms with Crippen molar-refractivity contribution >= 4 is 46.8 Å². The fourth-order valence-electron chi connectivity index (χ4n) is 4.33. The van der Waals surface area contributed by atoms with Gasteiger partial charge in [0, 0.05) is 30.8 Å². The van der Waals surface area contributed by atoms with E-state index in [2.05, 4.69) is 26.3 Å². The van der Waals surface area contributed by atoms with E-state index in [1.54, 1.807) is 13.8 Å². The summed E-state index contributed by atoms with van der Waals surface area (Å²) in [5, 5.41) is 21.7. The molecule has 1 saturated heterocycles. The molecule has 1 fully saturated rings. The molecular formula is C26H37F3N6O7S. The number of alkyl halides is 3. The molecule has 1 aliphatic heterocycles. The third-order valence-corrected chi connectivity index (χ3v) is 7.40. The molecule has 13 nitrogen and oxygen atoms in total. The third-order valence-electron chi connectivity index (χ3n) is 6.53. The number of carbonyl (C=O) groups is 6. The highest BCUT2D eigenvalue weighted by Crippen LogP contribution is 2.30. The van der Waals surface area contributed by atoms with E-state index < -0.39 is 71.9 Å². The number of aromatic nitrogens is 1. The molecule has 43 heavy (non-hydrogen) atoms. The summed E-state index contributed by atoms with van der Waals surface area (Å²) in [6, 6.07) is -4.31. The molecule has 0 radical (unpaired) electrons. The number of halogens is 3. The van der Waals surface area contributed by atoms with E-state index in [9.17, 15) is 47.0 Å². The van der Waals surface area contributed by atoms with E-state index in [1.807, 2.05) is 12.2 Å². The SMILES string of the molecule is CCCCNC(=O)C(=O)[C@H](C[C@@H]1CCNC1=O)NC(=O)[C@H](CC(C)C)NC(=O)[C@H](Cc1nc(C(F)(F)F)cs1)NC(=O)O. The first-order valence-electron chi connectivity index (χ1n) is 13.8. The van der Waals surface area contributed by atoms with Gasteiger partial charge in [-0.3, -0.25) is 24.0 Å². The Morgan fingerprint density at radius 3 is 2.28 bits per heavy atom. The average Bonchev–Trinajstić information content (AvgIpc) is 3.55. The van der Waals surface area contributed by atoms with Crippen molar-refractivity contribution in [3.63, 3.8) is 0 Å². The number of carbonyl (C=O) groups excluding carboxylic acids is 5. The van der Waals surface area contributed by atoms with Crippen molar-refractivity contribution in [2.24, 2.45) is 11.8 Å². The second-order valence-corrected chi connectivity index (χ2v) is 11.5. The minimum Gasteiger partial charge on any atom is -0.465 e. The summed E-state index contributed by atoms with van der Waals surface area (Å²) in [7, 11) is 0. The van der Waals surface area contributed by atoms with E-state index in [1.165, 1.54) is 0 Å². The molecular weight excluding hydrogens is 597 g/mol. The summed E-state index contributed by atoms with van der Waals surface area (Å²) in [6.45, 7) is 5.97. The number of unbranched alkanes of at least 4 members (excludes halogenated alkanes) is 1. The molecule has 0 unspecified atom stereocenters. The largest absolute Gasteiger partial charge is 0.465 e. The summed E-state index contributed by atoms with van der Waals surface area (Å²) in [5.74, 6) is -4.93. The zero-order valence-corrected chi connectivity index (χ0v) is 24.8. The van der Waals surface area contributed by atoms with Crippen LogP contribution in [0.4, 0.5) is 18.0 Å². The molecule has 0 saturated carbocycles. The van der Waals surface area contributed by atoms with Crippen LogP contribution in [0.25, 0.3) is 0 Å². The summed E-state index contributed by atoms with van der Waals surface area (Å²) in [5.41, 5.74) is -1.19. The number of rotatable bonds is 16. The lowest BCUT2D eigenvalue weighted by Gasteiger charge is -2.26. The van der Waals surface area contributed by atoms with E-state index in [0.717, 1.165) is 11.8 Å². The van der Waals surface area contributed by atoms with Crippen LogP contribution in [0, 0.1) is 11.8 Å². The quantitative estimate of drug-likeness (QED) is 0.116. The van der Waals surface area contributed by atoms with Gasteiger partial charge in [-0.05, 0) is 31.6 Å². The Balaban J connectivity index is 2.24. The monoisotopic (exact) mass is 634 g/mol. The summed E-state index contributed by atoms with van der Waals surface area (Å²) < 4.78 is 38.9. The first-order valence-corrected chi connectivity index (χ1v) is 14.7. The molecule has 4 atom stereocenters. The second kappa shape index (κ2) is 16.2. The lowest BCUT2D eigenvalue weighted by molar-refractivity contribution is -0.141. The predicted molar refractivity (Wildman–Crippen MR) is 148 cm³/mol. The molecule has 0 aromatic carbocycles. The number of carboxylic acid groups (broad SMARTS) is 1. The average molecular weight is 635 g/mol. The Labute approximate surface area is 250 Å². The topological polar surface area (TPSA) is 196 Å². The van der Waals surface area contributed by atoms with Gasteiger partial charge in [-0.25, -0.2) is 9.78 Å². The maximum atomic E-state index is 13.4. The third kappa shape index (κ3) is 11.4. The Hall–Kier alpha value is -3.76. The molecule has 0 bridgehead atoms. The fourth-order valence-corrected chi connectivity index (χ4v) is 5.17. The first kappa shape index (κ1) is 35.4. The highest BCUT2D eigenvalue weighted by atomic mass is 32.1. The van der Waals surface area contributed by atoms with Gasteiger partial charge < -0.3 is 31.7 Å². The predicted octanol–water partition coefficient (Wildman–Crippen LogP) is 1.37. The number of nitrogens with one attached hydrogen (secondary N) is 5. The smallest absolute Gasteiger partial charge is 0.434 e. The van der Waals surface area contributed by atoms with Crippen LogP contribution < -0.4 is 26.6 Å². The van der Waals surface area contributed by atoms with Crippen molar-refractivity contribution < 1.29 is 47.0 Å². The molecule has 6 N–H and O–H groups in total. The van der Waals surface area contributed by atoms with Crippen molar-refractivity contribution in [1.29, 1.82) is 0 Å². The lowest BCUT2D eigenvalue weighted by Crippen LogP contribution is -2.57. The molecule has 0 spiro atoms. The number of ketones is 1. The van der Waals surface area contributed by atoms with Crippen LogP contribution in [-0.4, -0.2) is 76.8 Å². The highest BCUT2D eigenvalue weighted by Gasteiger charge is 2.37. The van der Waals surface area contributed by atoms with Gasteiger partial charge in [-0.2, -0.15) is 13.2 Å². The zero-order chi connectivity index (χ0) is 32.3. The van der Waals surface area contributed by atoms with Crippen molar-refractivity contribution in [3.8, 4) is 0 Å². The maximum absolute atomic E-state index is 13.4. The van der Waals surface area contributed by atoms with Crippen LogP contribution in [0.2, 0.25) is 0 Å². The van der Waals surface area contributed by atoms with Gasteiger partial charge in [-0.1, -0.05) is 27.2 Å². The van der Waals surface area contributed by atoms with Crippen molar-refractivity contribution in [3.05, 3.63) is 16.1 Å². The van der Waals surface area contributed by atoms with E-state index in [-0.39, 0.29) is 36.2 Å². The second-order valence-electron chi connectivity index (χ2n) is 10.6. The van der Waals surface area contributed by atoms with E-state index in [4.69, 9.17) is 0 Å². The Morgan fingerprint density at radius 1 is 1.09 bits per heavy atom. The number of Topliss-reactive ketones (excluding diaryl/α,β-unsaturated/α-hetero) is 1. The van der Waals surface area contributed by atoms with Gasteiger partial charge in [0.15, 0.2) is 5.69 Å². The fraction of sp³-hybridized carbons (Fsp3) is 0.654. The number of hydrogen-bond acceptors (Lipinski definition) is 8. The molecule has 0 aliphatic carbocycles. The first-order chi connectivity index (χ1) is 20.1. The number of hydrogen-bond donors (Lipinski definition) is 6. The van der Waals surface area contributed by atoms with Gasteiger partial charge in [0.1, 0.15) is 12.1 Å². The normalized spacial score (nSPS) is 17.0. The highest BCUT2D eigenvalue weighted by molar-refractivity contribution is 7.09. The van der Waals surface area contributed by atoms with Gasteiger partial charge in [-0.15, -0.1) is 11.3 Å². The van der Waals surface area contributed by atoms with E-state index >= 15 is 0 Å². The minimum absolute atomic E-state index is 0.0281. The maximum Gasteiger partial charge on any atom is 0.434 e. The Morgan fingerprint density at radius 2 is 1.74 bits per heavy atom. The molecule has 2 heterocycles. The van der Waals surface area contributed by atoms with E-state index in [0.29, 0.717) is 30.7 Å².